The number of carbonyl (C=O) groups excluding carboxylic acids is 1. The monoisotopic (exact) mass is 278 g/mol. The summed E-state index contributed by atoms with van der Waals surface area (Å²) in [5, 5.41) is 0.161. The molecule has 0 aliphatic heterocycles. The first-order valence-corrected chi connectivity index (χ1v) is 7.21. The zero-order valence-corrected chi connectivity index (χ0v) is 11.7. The van der Waals surface area contributed by atoms with E-state index in [2.05, 4.69) is 4.74 Å². The van der Waals surface area contributed by atoms with E-state index in [0.717, 1.165) is 6.26 Å². The molecule has 6 heteroatoms. The lowest BCUT2D eigenvalue weighted by molar-refractivity contribution is 0.0600. The minimum Gasteiger partial charge on any atom is -0.465 e. The summed E-state index contributed by atoms with van der Waals surface area (Å²) < 4.78 is 26.9. The molecule has 96 valence electrons. The molecule has 1 aromatic carbocycles. The molecule has 0 fully saturated rings. The molecule has 0 saturated heterocycles. The lowest BCUT2D eigenvalue weighted by Gasteiger charge is -2.04. The van der Waals surface area contributed by atoms with Gasteiger partial charge >= 0.3 is 5.97 Å². The third-order valence-corrected chi connectivity index (χ3v) is 3.21. The molecule has 1 aromatic rings. The topological polar surface area (TPSA) is 60.4 Å². The highest BCUT2D eigenvalue weighted by Crippen LogP contribution is 2.21. The molecule has 0 bridgehead atoms. The maximum Gasteiger partial charge on any atom is 0.339 e. The Balaban J connectivity index is 0.00000121. The van der Waals surface area contributed by atoms with Crippen LogP contribution in [0.2, 0.25) is 5.02 Å². The average Bonchev–Trinajstić information content (AvgIpc) is 2.30. The summed E-state index contributed by atoms with van der Waals surface area (Å²) in [5.41, 5.74) is 0.0436. The second-order valence-electron chi connectivity index (χ2n) is 2.91. The summed E-state index contributed by atoms with van der Waals surface area (Å²) in [6, 6.07) is 3.89. The first kappa shape index (κ1) is 15.9. The number of methoxy groups -OCH3 is 1. The molecule has 0 aromatic heterocycles. The molecule has 0 amide bonds. The zero-order chi connectivity index (χ0) is 13.6. The van der Waals surface area contributed by atoms with Gasteiger partial charge in [-0.25, -0.2) is 13.2 Å². The molecule has 0 saturated carbocycles. The Labute approximate surface area is 106 Å². The van der Waals surface area contributed by atoms with Gasteiger partial charge in [0.25, 0.3) is 0 Å². The largest absolute Gasteiger partial charge is 0.465 e. The molecule has 0 aliphatic rings. The summed E-state index contributed by atoms with van der Waals surface area (Å²) in [6.07, 6.45) is 1.05. The van der Waals surface area contributed by atoms with Crippen molar-refractivity contribution in [1.29, 1.82) is 0 Å². The highest BCUT2D eigenvalue weighted by atomic mass is 35.5. The fraction of sp³-hybridized carbons (Fsp3) is 0.364. The van der Waals surface area contributed by atoms with E-state index in [1.54, 1.807) is 0 Å². The van der Waals surface area contributed by atoms with Crippen molar-refractivity contribution in [3.05, 3.63) is 28.8 Å². The minimum atomic E-state index is -3.35. The number of halogens is 1. The molecule has 1 rings (SSSR count). The van der Waals surface area contributed by atoms with Gasteiger partial charge in [-0.1, -0.05) is 25.4 Å². The van der Waals surface area contributed by atoms with E-state index in [-0.39, 0.29) is 15.5 Å². The van der Waals surface area contributed by atoms with Gasteiger partial charge in [0.1, 0.15) is 0 Å². The third kappa shape index (κ3) is 4.36. The number of hydrogen-bond donors (Lipinski definition) is 0. The molecule has 0 aliphatic carbocycles. The Morgan fingerprint density at radius 2 is 1.82 bits per heavy atom. The van der Waals surface area contributed by atoms with Gasteiger partial charge in [-0.05, 0) is 18.2 Å². The molecule has 0 radical (unpaired) electrons. The van der Waals surface area contributed by atoms with Crippen molar-refractivity contribution in [3.8, 4) is 0 Å². The van der Waals surface area contributed by atoms with Crippen LogP contribution < -0.4 is 0 Å². The molecular formula is C11H15ClO4S. The predicted octanol–water partition coefficient (Wildman–Crippen LogP) is 2.56. The van der Waals surface area contributed by atoms with Gasteiger partial charge < -0.3 is 4.74 Å². The molecule has 0 unspecified atom stereocenters. The summed E-state index contributed by atoms with van der Waals surface area (Å²) in [7, 11) is -2.15. The van der Waals surface area contributed by atoms with E-state index in [1.165, 1.54) is 25.3 Å². The number of esters is 1. The van der Waals surface area contributed by atoms with Gasteiger partial charge in [-0.2, -0.15) is 0 Å². The quantitative estimate of drug-likeness (QED) is 0.780. The maximum atomic E-state index is 11.2. The van der Waals surface area contributed by atoms with Gasteiger partial charge in [0.15, 0.2) is 9.84 Å². The molecule has 4 nitrogen and oxygen atoms in total. The van der Waals surface area contributed by atoms with E-state index < -0.39 is 15.8 Å². The van der Waals surface area contributed by atoms with Crippen molar-refractivity contribution < 1.29 is 17.9 Å². The Kier molecular flexibility index (Phi) is 6.20. The zero-order valence-electron chi connectivity index (χ0n) is 10.2. The van der Waals surface area contributed by atoms with Gasteiger partial charge in [0.05, 0.1) is 22.6 Å². The molecular weight excluding hydrogens is 264 g/mol. The van der Waals surface area contributed by atoms with Crippen molar-refractivity contribution in [2.45, 2.75) is 18.7 Å². The third-order valence-electron chi connectivity index (χ3n) is 1.77. The van der Waals surface area contributed by atoms with Gasteiger partial charge in [-0.15, -0.1) is 0 Å². The predicted molar refractivity (Wildman–Crippen MR) is 67.2 cm³/mol. The van der Waals surface area contributed by atoms with Crippen LogP contribution in [0.3, 0.4) is 0 Å². The van der Waals surface area contributed by atoms with Crippen LogP contribution >= 0.6 is 11.6 Å². The Morgan fingerprint density at radius 3 is 2.24 bits per heavy atom. The number of hydrogen-bond acceptors (Lipinski definition) is 4. The van der Waals surface area contributed by atoms with Gasteiger partial charge in [0.2, 0.25) is 0 Å². The van der Waals surface area contributed by atoms with Crippen LogP contribution in [-0.4, -0.2) is 27.8 Å². The summed E-state index contributed by atoms with van der Waals surface area (Å²) in [6.45, 7) is 4.00. The van der Waals surface area contributed by atoms with Crippen molar-refractivity contribution in [2.75, 3.05) is 13.4 Å². The SMILES string of the molecule is CC.COC(=O)c1cc(S(C)(=O)=O)ccc1Cl. The van der Waals surface area contributed by atoms with Crippen LogP contribution in [-0.2, 0) is 14.6 Å². The maximum absolute atomic E-state index is 11.2. The van der Waals surface area contributed by atoms with E-state index >= 15 is 0 Å². The highest BCUT2D eigenvalue weighted by molar-refractivity contribution is 7.90. The standard InChI is InChI=1S/C9H9ClO4S.C2H6/c1-14-9(11)7-5-6(15(2,12)13)3-4-8(7)10;1-2/h3-5H,1-2H3;1-2H3. The van der Waals surface area contributed by atoms with Crippen LogP contribution in [0.15, 0.2) is 23.1 Å². The Bertz CT molecular complexity index is 494. The number of rotatable bonds is 2. The van der Waals surface area contributed by atoms with Crippen LogP contribution in [0.1, 0.15) is 24.2 Å². The number of sulfone groups is 1. The average molecular weight is 279 g/mol. The molecule has 0 atom stereocenters. The van der Waals surface area contributed by atoms with Crippen LogP contribution in [0.25, 0.3) is 0 Å². The minimum absolute atomic E-state index is 0.0345. The normalized spacial score (nSPS) is 10.2. The van der Waals surface area contributed by atoms with Crippen LogP contribution in [0.4, 0.5) is 0 Å². The molecule has 0 spiro atoms. The second-order valence-corrected chi connectivity index (χ2v) is 5.33. The van der Waals surface area contributed by atoms with Crippen molar-refractivity contribution in [2.24, 2.45) is 0 Å². The summed E-state index contributed by atoms with van der Waals surface area (Å²) in [4.78, 5) is 11.2. The van der Waals surface area contributed by atoms with Crippen LogP contribution in [0.5, 0.6) is 0 Å². The van der Waals surface area contributed by atoms with Crippen molar-refractivity contribution in [3.63, 3.8) is 0 Å². The molecule has 0 N–H and O–H groups in total. The van der Waals surface area contributed by atoms with E-state index in [4.69, 9.17) is 11.6 Å². The van der Waals surface area contributed by atoms with Gasteiger partial charge in [0, 0.05) is 6.26 Å². The summed E-state index contributed by atoms with van der Waals surface area (Å²) >= 11 is 5.72. The summed E-state index contributed by atoms with van der Waals surface area (Å²) in [5.74, 6) is -0.662. The van der Waals surface area contributed by atoms with Gasteiger partial charge in [-0.3, -0.25) is 0 Å². The van der Waals surface area contributed by atoms with Crippen molar-refractivity contribution >= 4 is 27.4 Å². The Morgan fingerprint density at radius 1 is 1.29 bits per heavy atom. The second kappa shape index (κ2) is 6.61. The fourth-order valence-electron chi connectivity index (χ4n) is 1.00. The van der Waals surface area contributed by atoms with E-state index in [0.29, 0.717) is 0 Å². The highest BCUT2D eigenvalue weighted by Gasteiger charge is 2.15. The van der Waals surface area contributed by atoms with E-state index in [1.807, 2.05) is 13.8 Å². The fourth-order valence-corrected chi connectivity index (χ4v) is 1.84. The molecule has 0 heterocycles. The number of ether oxygens (including phenoxy) is 1. The Hall–Kier alpha value is -1.07. The number of carbonyl (C=O) groups is 1. The number of benzene rings is 1. The van der Waals surface area contributed by atoms with Crippen molar-refractivity contribution in [1.82, 2.24) is 0 Å². The molecule has 17 heavy (non-hydrogen) atoms. The first-order valence-electron chi connectivity index (χ1n) is 4.94. The van der Waals surface area contributed by atoms with Crippen LogP contribution in [0, 0.1) is 0 Å². The van der Waals surface area contributed by atoms with E-state index in [9.17, 15) is 13.2 Å². The lowest BCUT2D eigenvalue weighted by Crippen LogP contribution is -2.05. The smallest absolute Gasteiger partial charge is 0.339 e. The lowest BCUT2D eigenvalue weighted by atomic mass is 10.2. The first-order chi connectivity index (χ1) is 7.86.